The molecule has 0 radical (unpaired) electrons. The molecule has 0 spiro atoms. The first kappa shape index (κ1) is 11.9. The van der Waals surface area contributed by atoms with Gasteiger partial charge in [0.15, 0.2) is 0 Å². The maximum Gasteiger partial charge on any atom is 0.114 e. The van der Waals surface area contributed by atoms with E-state index in [1.54, 1.807) is 0 Å². The highest BCUT2D eigenvalue weighted by Gasteiger charge is 2.29. The normalized spacial score (nSPS) is 17.5. The molecule has 1 unspecified atom stereocenters. The third-order valence-corrected chi connectivity index (χ3v) is 2.68. The van der Waals surface area contributed by atoms with E-state index in [1.807, 2.05) is 13.8 Å². The second-order valence-corrected chi connectivity index (χ2v) is 3.93. The van der Waals surface area contributed by atoms with Crippen molar-refractivity contribution in [2.45, 2.75) is 65.2 Å². The Morgan fingerprint density at radius 2 is 1.42 bits per heavy atom. The molecule has 0 heterocycles. The van der Waals surface area contributed by atoms with Crippen molar-refractivity contribution in [1.82, 2.24) is 0 Å². The molecule has 1 atom stereocenters. The van der Waals surface area contributed by atoms with Gasteiger partial charge in [-0.05, 0) is 33.1 Å². The topological polar surface area (TPSA) is 35.2 Å². The molecule has 0 aromatic rings. The van der Waals surface area contributed by atoms with Gasteiger partial charge in [-0.25, -0.2) is 0 Å². The fourth-order valence-electron chi connectivity index (χ4n) is 1.03. The zero-order valence-electron chi connectivity index (χ0n) is 9.11. The van der Waals surface area contributed by atoms with Gasteiger partial charge in [-0.3, -0.25) is 0 Å². The average Bonchev–Trinajstić information content (AvgIpc) is 2.04. The molecule has 0 aliphatic heterocycles. The van der Waals surface area contributed by atoms with Crippen molar-refractivity contribution in [3.63, 3.8) is 0 Å². The number of hydrogen-bond acceptors (Lipinski definition) is 2. The second-order valence-electron chi connectivity index (χ2n) is 3.93. The lowest BCUT2D eigenvalue weighted by molar-refractivity contribution is -0.142. The average molecular weight is 173 g/mol. The molecular weight excluding hydrogens is 150 g/mol. The van der Waals surface area contributed by atoms with Crippen molar-refractivity contribution in [2.75, 3.05) is 0 Å². The van der Waals surface area contributed by atoms with Gasteiger partial charge in [0.05, 0.1) is 5.60 Å². The van der Waals surface area contributed by atoms with Crippen molar-refractivity contribution < 1.29 is 4.74 Å². The minimum absolute atomic E-state index is 0.0560. The second kappa shape index (κ2) is 4.24. The Bertz CT molecular complexity index is 128. The lowest BCUT2D eigenvalue weighted by Crippen LogP contribution is -2.46. The van der Waals surface area contributed by atoms with Crippen molar-refractivity contribution in [1.29, 1.82) is 0 Å². The van der Waals surface area contributed by atoms with Crippen LogP contribution < -0.4 is 5.73 Å². The first-order chi connectivity index (χ1) is 5.39. The molecule has 2 heteroatoms. The molecule has 0 aliphatic carbocycles. The predicted octanol–water partition coefficient (Wildman–Crippen LogP) is 2.67. The third-order valence-electron chi connectivity index (χ3n) is 2.68. The fraction of sp³-hybridized carbons (Fsp3) is 1.00. The van der Waals surface area contributed by atoms with E-state index < -0.39 is 5.72 Å². The Hall–Kier alpha value is -0.0800. The standard InChI is InChI=1S/C10H23NO/c1-6-9(4,7-2)12-10(5,11)8-3/h6-8,11H2,1-5H3. The van der Waals surface area contributed by atoms with Crippen molar-refractivity contribution in [3.05, 3.63) is 0 Å². The summed E-state index contributed by atoms with van der Waals surface area (Å²) in [5.74, 6) is 0. The largest absolute Gasteiger partial charge is 0.355 e. The summed E-state index contributed by atoms with van der Waals surface area (Å²) in [6.45, 7) is 10.4. The molecule has 0 saturated carbocycles. The predicted molar refractivity (Wildman–Crippen MR) is 53.0 cm³/mol. The van der Waals surface area contributed by atoms with Crippen LogP contribution in [0.4, 0.5) is 0 Å². The SMILES string of the molecule is CCC(C)(N)OC(C)(CC)CC. The fourth-order valence-corrected chi connectivity index (χ4v) is 1.03. The van der Waals surface area contributed by atoms with Crippen molar-refractivity contribution >= 4 is 0 Å². The van der Waals surface area contributed by atoms with Gasteiger partial charge in [-0.2, -0.15) is 0 Å². The minimum atomic E-state index is -0.471. The first-order valence-corrected chi connectivity index (χ1v) is 4.88. The van der Waals surface area contributed by atoms with Gasteiger partial charge in [0, 0.05) is 0 Å². The molecular formula is C10H23NO. The molecule has 0 saturated heterocycles. The highest BCUT2D eigenvalue weighted by atomic mass is 16.5. The van der Waals surface area contributed by atoms with Crippen LogP contribution in [0.2, 0.25) is 0 Å². The van der Waals surface area contributed by atoms with Gasteiger partial charge in [0.25, 0.3) is 0 Å². The first-order valence-electron chi connectivity index (χ1n) is 4.88. The summed E-state index contributed by atoms with van der Waals surface area (Å²) in [7, 11) is 0. The van der Waals surface area contributed by atoms with E-state index in [9.17, 15) is 0 Å². The molecule has 0 fully saturated rings. The maximum absolute atomic E-state index is 5.93. The van der Waals surface area contributed by atoms with Gasteiger partial charge in [-0.1, -0.05) is 20.8 Å². The number of hydrogen-bond donors (Lipinski definition) is 1. The molecule has 2 nitrogen and oxygen atoms in total. The third kappa shape index (κ3) is 3.55. The van der Waals surface area contributed by atoms with E-state index in [-0.39, 0.29) is 5.60 Å². The maximum atomic E-state index is 5.93. The summed E-state index contributed by atoms with van der Waals surface area (Å²) in [4.78, 5) is 0. The molecule has 74 valence electrons. The van der Waals surface area contributed by atoms with Crippen molar-refractivity contribution in [3.8, 4) is 0 Å². The van der Waals surface area contributed by atoms with Gasteiger partial charge in [0.1, 0.15) is 5.72 Å². The molecule has 12 heavy (non-hydrogen) atoms. The molecule has 0 aromatic carbocycles. The Balaban J connectivity index is 4.20. The summed E-state index contributed by atoms with van der Waals surface area (Å²) in [5.41, 5.74) is 5.40. The summed E-state index contributed by atoms with van der Waals surface area (Å²) in [6, 6.07) is 0. The van der Waals surface area contributed by atoms with Crippen LogP contribution in [-0.4, -0.2) is 11.3 Å². The van der Waals surface area contributed by atoms with Crippen LogP contribution >= 0.6 is 0 Å². The molecule has 0 aliphatic rings. The summed E-state index contributed by atoms with van der Waals surface area (Å²) in [5, 5.41) is 0. The van der Waals surface area contributed by atoms with Crippen molar-refractivity contribution in [2.24, 2.45) is 5.73 Å². The van der Waals surface area contributed by atoms with Crippen LogP contribution in [0.5, 0.6) is 0 Å². The Morgan fingerprint density at radius 1 is 1.00 bits per heavy atom. The smallest absolute Gasteiger partial charge is 0.114 e. The lowest BCUT2D eigenvalue weighted by atomic mass is 9.99. The van der Waals surface area contributed by atoms with Crippen LogP contribution in [-0.2, 0) is 4.74 Å². The van der Waals surface area contributed by atoms with E-state index in [4.69, 9.17) is 10.5 Å². The molecule has 0 rings (SSSR count). The van der Waals surface area contributed by atoms with Crippen LogP contribution in [0, 0.1) is 0 Å². The lowest BCUT2D eigenvalue weighted by Gasteiger charge is -2.36. The summed E-state index contributed by atoms with van der Waals surface area (Å²) in [6.07, 6.45) is 2.87. The monoisotopic (exact) mass is 173 g/mol. The van der Waals surface area contributed by atoms with E-state index in [1.165, 1.54) is 0 Å². The highest BCUT2D eigenvalue weighted by Crippen LogP contribution is 2.25. The molecule has 2 N–H and O–H groups in total. The number of nitrogens with two attached hydrogens (primary N) is 1. The van der Waals surface area contributed by atoms with Crippen LogP contribution in [0.15, 0.2) is 0 Å². The molecule has 0 bridgehead atoms. The summed E-state index contributed by atoms with van der Waals surface area (Å²) >= 11 is 0. The Morgan fingerprint density at radius 3 is 1.67 bits per heavy atom. The highest BCUT2D eigenvalue weighted by molar-refractivity contribution is 4.76. The summed E-state index contributed by atoms with van der Waals surface area (Å²) < 4.78 is 5.85. The van der Waals surface area contributed by atoms with E-state index in [2.05, 4.69) is 20.8 Å². The van der Waals surface area contributed by atoms with Crippen LogP contribution in [0.25, 0.3) is 0 Å². The number of rotatable bonds is 5. The molecule has 0 aromatic heterocycles. The number of ether oxygens (including phenoxy) is 1. The van der Waals surface area contributed by atoms with Gasteiger partial charge >= 0.3 is 0 Å². The van der Waals surface area contributed by atoms with E-state index in [0.717, 1.165) is 19.3 Å². The molecule has 0 amide bonds. The zero-order chi connectivity index (χ0) is 9.83. The zero-order valence-corrected chi connectivity index (χ0v) is 9.11. The van der Waals surface area contributed by atoms with Crippen LogP contribution in [0.3, 0.4) is 0 Å². The Labute approximate surface area is 76.5 Å². The van der Waals surface area contributed by atoms with Gasteiger partial charge < -0.3 is 10.5 Å². The van der Waals surface area contributed by atoms with E-state index >= 15 is 0 Å². The van der Waals surface area contributed by atoms with Crippen LogP contribution in [0.1, 0.15) is 53.9 Å². The van der Waals surface area contributed by atoms with Gasteiger partial charge in [-0.15, -0.1) is 0 Å². The minimum Gasteiger partial charge on any atom is -0.355 e. The quantitative estimate of drug-likeness (QED) is 0.649. The Kier molecular flexibility index (Phi) is 4.21. The van der Waals surface area contributed by atoms with E-state index in [0.29, 0.717) is 0 Å². The van der Waals surface area contributed by atoms with Gasteiger partial charge in [0.2, 0.25) is 0 Å².